The third kappa shape index (κ3) is 8.32. The number of hydrogen-bond acceptors (Lipinski definition) is 4. The monoisotopic (exact) mass is 472 g/mol. The van der Waals surface area contributed by atoms with Gasteiger partial charge in [0.25, 0.3) is 0 Å². The number of aryl methyl sites for hydroxylation is 3. The molecule has 0 saturated heterocycles. The van der Waals surface area contributed by atoms with Crippen LogP contribution in [0.3, 0.4) is 0 Å². The third-order valence-electron chi connectivity index (χ3n) is 6.00. The van der Waals surface area contributed by atoms with Crippen LogP contribution in [0.4, 0.5) is 0 Å². The molecule has 3 aromatic carbocycles. The van der Waals surface area contributed by atoms with Gasteiger partial charge < -0.3 is 14.2 Å². The van der Waals surface area contributed by atoms with Gasteiger partial charge in [0.2, 0.25) is 0 Å². The summed E-state index contributed by atoms with van der Waals surface area (Å²) < 4.78 is 17.0. The fraction of sp³-hybridized carbons (Fsp3) is 0.323. The quantitative estimate of drug-likeness (QED) is 0.209. The van der Waals surface area contributed by atoms with Crippen molar-refractivity contribution < 1.29 is 19.0 Å². The van der Waals surface area contributed by atoms with Crippen LogP contribution in [0.5, 0.6) is 11.5 Å². The second-order valence-electron chi connectivity index (χ2n) is 8.70. The maximum Gasteiger partial charge on any atom is 0.305 e. The van der Waals surface area contributed by atoms with Gasteiger partial charge in [-0.2, -0.15) is 0 Å². The number of rotatable bonds is 12. The molecule has 0 aliphatic heterocycles. The second-order valence-corrected chi connectivity index (χ2v) is 8.70. The van der Waals surface area contributed by atoms with Crippen molar-refractivity contribution >= 4 is 18.1 Å². The normalized spacial score (nSPS) is 11.9. The van der Waals surface area contributed by atoms with Crippen LogP contribution in [-0.2, 0) is 22.4 Å². The Hall–Kier alpha value is -3.53. The van der Waals surface area contributed by atoms with Crippen LogP contribution in [0, 0.1) is 6.92 Å². The Morgan fingerprint density at radius 1 is 1.00 bits per heavy atom. The molecule has 184 valence electrons. The molecule has 4 heteroatoms. The molecule has 1 unspecified atom stereocenters. The van der Waals surface area contributed by atoms with E-state index in [1.807, 2.05) is 43.3 Å². The number of carbonyl (C=O) groups is 1. The van der Waals surface area contributed by atoms with Crippen molar-refractivity contribution in [3.63, 3.8) is 0 Å². The van der Waals surface area contributed by atoms with E-state index in [0.29, 0.717) is 19.4 Å². The summed E-state index contributed by atoms with van der Waals surface area (Å²) in [6.45, 7) is 6.83. The van der Waals surface area contributed by atoms with E-state index in [1.165, 1.54) is 12.7 Å². The first-order chi connectivity index (χ1) is 17.0. The minimum atomic E-state index is -0.193. The predicted molar refractivity (Wildman–Crippen MR) is 143 cm³/mol. The van der Waals surface area contributed by atoms with E-state index in [9.17, 15) is 4.79 Å². The maximum atomic E-state index is 11.4. The molecular weight excluding hydrogens is 436 g/mol. The largest absolute Gasteiger partial charge is 0.493 e. The Morgan fingerprint density at radius 3 is 2.51 bits per heavy atom. The topological polar surface area (TPSA) is 44.8 Å². The zero-order valence-electron chi connectivity index (χ0n) is 21.3. The Kier molecular flexibility index (Phi) is 9.97. The van der Waals surface area contributed by atoms with Gasteiger partial charge in [0, 0.05) is 18.4 Å². The van der Waals surface area contributed by atoms with E-state index in [1.54, 1.807) is 0 Å². The molecular formula is C31H36O4. The Labute approximate surface area is 209 Å². The van der Waals surface area contributed by atoms with Crippen LogP contribution >= 0.6 is 0 Å². The van der Waals surface area contributed by atoms with Crippen LogP contribution in [0.25, 0.3) is 12.2 Å². The van der Waals surface area contributed by atoms with Crippen LogP contribution in [-0.4, -0.2) is 25.8 Å². The first-order valence-electron chi connectivity index (χ1n) is 12.3. The molecule has 0 bridgehead atoms. The molecule has 0 N–H and O–H groups in total. The number of hydrogen-bond donors (Lipinski definition) is 0. The summed E-state index contributed by atoms with van der Waals surface area (Å²) >= 11 is 0. The summed E-state index contributed by atoms with van der Waals surface area (Å²) in [5.74, 6) is 1.52. The second kappa shape index (κ2) is 13.4. The minimum Gasteiger partial charge on any atom is -0.493 e. The van der Waals surface area contributed by atoms with Crippen molar-refractivity contribution in [2.45, 2.75) is 52.6 Å². The average molecular weight is 473 g/mol. The lowest BCUT2D eigenvalue weighted by atomic mass is 10.0. The average Bonchev–Trinajstić information content (AvgIpc) is 2.88. The van der Waals surface area contributed by atoms with Crippen molar-refractivity contribution in [3.8, 4) is 11.5 Å². The Balaban J connectivity index is 1.56. The van der Waals surface area contributed by atoms with Gasteiger partial charge in [-0.05, 0) is 73.2 Å². The lowest BCUT2D eigenvalue weighted by Gasteiger charge is -2.18. The van der Waals surface area contributed by atoms with Crippen molar-refractivity contribution in [2.24, 2.45) is 0 Å². The fourth-order valence-corrected chi connectivity index (χ4v) is 3.80. The van der Waals surface area contributed by atoms with Gasteiger partial charge >= 0.3 is 5.97 Å². The molecule has 0 aromatic heterocycles. The summed E-state index contributed by atoms with van der Waals surface area (Å²) in [4.78, 5) is 11.4. The summed E-state index contributed by atoms with van der Waals surface area (Å²) in [5.41, 5.74) is 5.77. The summed E-state index contributed by atoms with van der Waals surface area (Å²) in [6.07, 6.45) is 7.05. The summed E-state index contributed by atoms with van der Waals surface area (Å²) in [5, 5.41) is 0. The van der Waals surface area contributed by atoms with Gasteiger partial charge in [0.1, 0.15) is 11.5 Å². The van der Waals surface area contributed by atoms with Gasteiger partial charge in [0.05, 0.1) is 19.8 Å². The van der Waals surface area contributed by atoms with Gasteiger partial charge in [0.15, 0.2) is 0 Å². The molecule has 0 saturated carbocycles. The van der Waals surface area contributed by atoms with Crippen molar-refractivity contribution in [1.82, 2.24) is 0 Å². The van der Waals surface area contributed by atoms with E-state index in [-0.39, 0.29) is 12.1 Å². The third-order valence-corrected chi connectivity index (χ3v) is 6.00. The molecule has 0 amide bonds. The van der Waals surface area contributed by atoms with Crippen molar-refractivity contribution in [2.75, 3.05) is 13.7 Å². The highest BCUT2D eigenvalue weighted by molar-refractivity contribution is 5.73. The molecule has 0 aliphatic carbocycles. The highest BCUT2D eigenvalue weighted by Gasteiger charge is 2.10. The Bertz CT molecular complexity index is 1120. The number of esters is 1. The minimum absolute atomic E-state index is 0.00628. The molecule has 0 radical (unpaired) electrons. The molecule has 1 atom stereocenters. The number of benzene rings is 3. The number of ether oxygens (including phenoxy) is 3. The van der Waals surface area contributed by atoms with Gasteiger partial charge in [-0.25, -0.2) is 0 Å². The lowest BCUT2D eigenvalue weighted by molar-refractivity contribution is -0.140. The Morgan fingerprint density at radius 2 is 1.80 bits per heavy atom. The fourth-order valence-electron chi connectivity index (χ4n) is 3.80. The highest BCUT2D eigenvalue weighted by atomic mass is 16.5. The molecule has 3 rings (SSSR count). The lowest BCUT2D eigenvalue weighted by Crippen LogP contribution is -2.16. The van der Waals surface area contributed by atoms with Crippen LogP contribution in [0.15, 0.2) is 66.7 Å². The maximum absolute atomic E-state index is 11.4. The number of methoxy groups -OCH3 is 1. The molecule has 35 heavy (non-hydrogen) atoms. The zero-order chi connectivity index (χ0) is 25.0. The van der Waals surface area contributed by atoms with Crippen LogP contribution < -0.4 is 9.47 Å². The van der Waals surface area contributed by atoms with Crippen molar-refractivity contribution in [1.29, 1.82) is 0 Å². The van der Waals surface area contributed by atoms with Crippen LogP contribution in [0.1, 0.15) is 54.5 Å². The first-order valence-corrected chi connectivity index (χ1v) is 12.3. The highest BCUT2D eigenvalue weighted by Crippen LogP contribution is 2.25. The van der Waals surface area contributed by atoms with Gasteiger partial charge in [-0.3, -0.25) is 4.79 Å². The summed E-state index contributed by atoms with van der Waals surface area (Å²) in [6, 6.07) is 22.7. The SMILES string of the molecule is CCc1ccc(OC(C)CCOc2ccc(CCC(=O)OC)c(C)c2)c(C=Cc2ccccc2)c1. The van der Waals surface area contributed by atoms with E-state index >= 15 is 0 Å². The standard InChI is InChI=1S/C31H36O4/c1-5-25-12-17-30(28(22-25)13-11-26-9-7-6-8-10-26)35-24(3)19-20-34-29-16-14-27(23(2)21-29)15-18-31(32)33-4/h6-14,16-17,21-22,24H,5,15,18-20H2,1-4H3. The number of carbonyl (C=O) groups excluding carboxylic acids is 1. The molecule has 0 spiro atoms. The van der Waals surface area contributed by atoms with Gasteiger partial charge in [-0.15, -0.1) is 0 Å². The molecule has 3 aromatic rings. The van der Waals surface area contributed by atoms with Crippen molar-refractivity contribution in [3.05, 3.63) is 94.5 Å². The van der Waals surface area contributed by atoms with E-state index in [0.717, 1.165) is 46.6 Å². The summed E-state index contributed by atoms with van der Waals surface area (Å²) in [7, 11) is 1.42. The van der Waals surface area contributed by atoms with Crippen LogP contribution in [0.2, 0.25) is 0 Å². The van der Waals surface area contributed by atoms with E-state index in [4.69, 9.17) is 14.2 Å². The molecule has 0 fully saturated rings. The van der Waals surface area contributed by atoms with E-state index < -0.39 is 0 Å². The predicted octanol–water partition coefficient (Wildman–Crippen LogP) is 7.07. The zero-order valence-corrected chi connectivity index (χ0v) is 21.3. The van der Waals surface area contributed by atoms with Gasteiger partial charge in [-0.1, -0.05) is 61.5 Å². The molecule has 4 nitrogen and oxygen atoms in total. The molecule has 0 heterocycles. The smallest absolute Gasteiger partial charge is 0.305 e. The van der Waals surface area contributed by atoms with E-state index in [2.05, 4.69) is 56.3 Å². The first kappa shape index (κ1) is 26.1. The molecule has 0 aliphatic rings.